The van der Waals surface area contributed by atoms with Crippen LogP contribution in [0.4, 0.5) is 17.1 Å². The molecule has 11 nitrogen and oxygen atoms in total. The van der Waals surface area contributed by atoms with Crippen LogP contribution in [0.3, 0.4) is 0 Å². The lowest BCUT2D eigenvalue weighted by atomic mass is 9.66. The number of hydrogen-bond acceptors (Lipinski definition) is 8. The first-order valence-corrected chi connectivity index (χ1v) is 31.0. The summed E-state index contributed by atoms with van der Waals surface area (Å²) in [7, 11) is -7.60. The molecule has 2 aliphatic heterocycles. The molecule has 15 heteroatoms. The number of benzene rings is 4. The molecule has 6 aliphatic carbocycles. The van der Waals surface area contributed by atoms with E-state index in [1.807, 2.05) is 35.8 Å². The minimum absolute atomic E-state index is 0.120. The van der Waals surface area contributed by atoms with E-state index in [1.54, 1.807) is 60.5 Å². The zero-order valence-corrected chi connectivity index (χ0v) is 45.2. The molecule has 6 fully saturated rings. The summed E-state index contributed by atoms with van der Waals surface area (Å²) >= 11 is 5.54. The second-order valence-electron chi connectivity index (χ2n) is 23.5. The monoisotopic (exact) mass is 1080 g/mol. The van der Waals surface area contributed by atoms with E-state index in [2.05, 4.69) is 60.2 Å². The number of anilines is 3. The van der Waals surface area contributed by atoms with E-state index in [-0.39, 0.29) is 43.9 Å². The molecule has 376 valence electrons. The van der Waals surface area contributed by atoms with Gasteiger partial charge in [0.15, 0.2) is 0 Å². The highest BCUT2D eigenvalue weighted by molar-refractivity contribution is 9.10. The van der Waals surface area contributed by atoms with Gasteiger partial charge in [-0.3, -0.25) is 9.59 Å². The average molecular weight is 1080 g/mol. The summed E-state index contributed by atoms with van der Waals surface area (Å²) < 4.78 is 63.5. The van der Waals surface area contributed by atoms with E-state index in [9.17, 15) is 26.4 Å². The molecule has 2 heterocycles. The molecule has 2 N–H and O–H groups in total. The summed E-state index contributed by atoms with van der Waals surface area (Å²) in [5.74, 6) is 0.0108. The van der Waals surface area contributed by atoms with Crippen LogP contribution < -0.4 is 23.5 Å². The Morgan fingerprint density at radius 1 is 0.690 bits per heavy atom. The van der Waals surface area contributed by atoms with E-state index < -0.39 is 25.6 Å². The van der Waals surface area contributed by atoms with Gasteiger partial charge < -0.3 is 14.1 Å². The number of carbonyl (C=O) groups excluding carboxylic acids is 2. The number of halogens is 1. The van der Waals surface area contributed by atoms with Crippen LogP contribution in [0.1, 0.15) is 155 Å². The Morgan fingerprint density at radius 3 is 1.77 bits per heavy atom. The van der Waals surface area contributed by atoms with Gasteiger partial charge >= 0.3 is 0 Å². The maximum atomic E-state index is 14.7. The van der Waals surface area contributed by atoms with Crippen molar-refractivity contribution in [3.05, 3.63) is 112 Å². The SMILES string of the molecule is CSN(c1ccc2c(c1)C1(CCC3(CC3)CC1)CN2C(=O)c1cccc(S(=O)(=O)NC2(C)CCC2)c1)C1CC12CCC1(CC2)CN(C(=O)c2cccc(S(=O)(=O)NC(C)C3CCC3)c2)c2ccc(Br)cc21. The standard InChI is InChI=1S/C56H66BrN5O6S3/c1-37(38-8-4-9-38)58-70(65,66)43-12-5-10-39(30-43)50(63)60-36-56(45-32-41(57)14-16-47(45)60)28-26-54(27-29-56)34-49(54)62(69-3)42-15-17-48-46(33-42)55(24-22-53(20-21-53)23-25-55)35-61(48)51(64)40-11-6-13-44(31-40)71(67,68)59-52(2)18-7-19-52/h5-6,10-17,30-33,37-38,49,58-59H,4,7-9,18-29,34-36H2,1-3H3. The van der Waals surface area contributed by atoms with Crippen molar-refractivity contribution in [2.45, 2.75) is 161 Å². The summed E-state index contributed by atoms with van der Waals surface area (Å²) in [4.78, 5) is 33.3. The lowest BCUT2D eigenvalue weighted by Gasteiger charge is -2.40. The summed E-state index contributed by atoms with van der Waals surface area (Å²) in [5.41, 5.74) is 6.01. The summed E-state index contributed by atoms with van der Waals surface area (Å²) in [6.45, 7) is 5.03. The van der Waals surface area contributed by atoms with Crippen molar-refractivity contribution in [3.63, 3.8) is 0 Å². The molecule has 8 aliphatic rings. The third-order valence-electron chi connectivity index (χ3n) is 19.2. The number of hydrogen-bond donors (Lipinski definition) is 2. The molecule has 0 radical (unpaired) electrons. The van der Waals surface area contributed by atoms with Crippen LogP contribution in [0, 0.1) is 16.7 Å². The minimum atomic E-state index is -3.80. The summed E-state index contributed by atoms with van der Waals surface area (Å²) in [6, 6.07) is 26.3. The quantitative estimate of drug-likeness (QED) is 0.134. The highest BCUT2D eigenvalue weighted by Crippen LogP contribution is 2.66. The molecule has 4 aromatic rings. The number of rotatable bonds is 12. The Kier molecular flexibility index (Phi) is 11.7. The molecular weight excluding hydrogens is 1010 g/mol. The molecule has 4 spiro atoms. The van der Waals surface area contributed by atoms with Gasteiger partial charge in [-0.2, -0.15) is 0 Å². The van der Waals surface area contributed by atoms with E-state index in [0.717, 1.165) is 99.3 Å². The lowest BCUT2D eigenvalue weighted by molar-refractivity contribution is 0.0972. The molecule has 4 aromatic carbocycles. The van der Waals surface area contributed by atoms with Gasteiger partial charge in [-0.25, -0.2) is 26.3 Å². The average Bonchev–Trinajstić information content (AvgIpc) is 4.20. The number of carbonyl (C=O) groups is 2. The van der Waals surface area contributed by atoms with Crippen molar-refractivity contribution >= 4 is 76.8 Å². The predicted octanol–water partition coefficient (Wildman–Crippen LogP) is 11.4. The maximum absolute atomic E-state index is 14.7. The first-order valence-electron chi connectivity index (χ1n) is 26.1. The normalized spacial score (nSPS) is 24.3. The Morgan fingerprint density at radius 2 is 1.24 bits per heavy atom. The van der Waals surface area contributed by atoms with Crippen molar-refractivity contribution in [1.82, 2.24) is 9.44 Å². The Labute approximate surface area is 433 Å². The van der Waals surface area contributed by atoms with Gasteiger partial charge in [-0.1, -0.05) is 46.4 Å². The fourth-order valence-electron chi connectivity index (χ4n) is 13.9. The molecule has 71 heavy (non-hydrogen) atoms. The van der Waals surface area contributed by atoms with Crippen LogP contribution in [-0.2, 0) is 30.9 Å². The Bertz CT molecular complexity index is 3060. The number of fused-ring (bicyclic) bond motifs is 4. The van der Waals surface area contributed by atoms with Crippen LogP contribution >= 0.6 is 27.9 Å². The highest BCUT2D eigenvalue weighted by atomic mass is 79.9. The first-order chi connectivity index (χ1) is 33.9. The molecule has 6 saturated carbocycles. The number of nitrogens with one attached hydrogen (secondary N) is 2. The van der Waals surface area contributed by atoms with Gasteiger partial charge in [-0.15, -0.1) is 0 Å². The van der Waals surface area contributed by atoms with E-state index >= 15 is 0 Å². The van der Waals surface area contributed by atoms with Gasteiger partial charge in [0.05, 0.1) is 9.79 Å². The topological polar surface area (TPSA) is 136 Å². The molecule has 0 aromatic heterocycles. The molecule has 12 rings (SSSR count). The number of sulfonamides is 2. The smallest absolute Gasteiger partial charge is 0.258 e. The van der Waals surface area contributed by atoms with Crippen molar-refractivity contribution in [2.75, 3.05) is 33.5 Å². The van der Waals surface area contributed by atoms with E-state index in [4.69, 9.17) is 0 Å². The van der Waals surface area contributed by atoms with Crippen LogP contribution in [-0.4, -0.2) is 65.6 Å². The largest absolute Gasteiger partial charge is 0.313 e. The third-order valence-corrected chi connectivity index (χ3v) is 23.7. The molecular formula is C56H66BrN5O6S3. The van der Waals surface area contributed by atoms with Crippen LogP contribution in [0.2, 0.25) is 0 Å². The fraction of sp³-hybridized carbons (Fsp3) is 0.536. The van der Waals surface area contributed by atoms with Crippen LogP contribution in [0.15, 0.2) is 99.2 Å². The summed E-state index contributed by atoms with van der Waals surface area (Å²) in [6.07, 6.45) is 20.0. The van der Waals surface area contributed by atoms with Crippen molar-refractivity contribution in [2.24, 2.45) is 16.7 Å². The molecule has 2 atom stereocenters. The second-order valence-corrected chi connectivity index (χ2v) is 28.5. The van der Waals surface area contributed by atoms with Crippen LogP contribution in [0.25, 0.3) is 0 Å². The number of amides is 2. The van der Waals surface area contributed by atoms with Crippen LogP contribution in [0.5, 0.6) is 0 Å². The first kappa shape index (κ1) is 48.2. The van der Waals surface area contributed by atoms with Crippen molar-refractivity contribution < 1.29 is 26.4 Å². The Hall–Kier alpha value is -3.73. The van der Waals surface area contributed by atoms with Crippen molar-refractivity contribution in [3.8, 4) is 0 Å². The van der Waals surface area contributed by atoms with Gasteiger partial charge in [0.2, 0.25) is 20.0 Å². The Balaban J connectivity index is 0.778. The van der Waals surface area contributed by atoms with Gasteiger partial charge in [0, 0.05) is 80.5 Å². The zero-order chi connectivity index (χ0) is 49.3. The molecule has 2 unspecified atom stereocenters. The predicted molar refractivity (Wildman–Crippen MR) is 285 cm³/mol. The van der Waals surface area contributed by atoms with Gasteiger partial charge in [0.25, 0.3) is 11.8 Å². The third kappa shape index (κ3) is 8.33. The van der Waals surface area contributed by atoms with E-state index in [0.29, 0.717) is 41.6 Å². The maximum Gasteiger partial charge on any atom is 0.258 e. The highest BCUT2D eigenvalue weighted by Gasteiger charge is 2.62. The zero-order valence-electron chi connectivity index (χ0n) is 41.1. The lowest BCUT2D eigenvalue weighted by Crippen LogP contribution is -2.50. The minimum Gasteiger partial charge on any atom is -0.313 e. The molecule has 2 amide bonds. The van der Waals surface area contributed by atoms with Crippen molar-refractivity contribution in [1.29, 1.82) is 0 Å². The van der Waals surface area contributed by atoms with Gasteiger partial charge in [-0.05, 0) is 217 Å². The molecule has 0 saturated heterocycles. The van der Waals surface area contributed by atoms with E-state index in [1.165, 1.54) is 42.5 Å². The molecule has 0 bridgehead atoms. The van der Waals surface area contributed by atoms with Gasteiger partial charge in [0.1, 0.15) is 0 Å². The number of nitrogens with zero attached hydrogens (tertiary/aromatic N) is 3. The fourth-order valence-corrected chi connectivity index (χ4v) is 18.0. The summed E-state index contributed by atoms with van der Waals surface area (Å²) in [5, 5.41) is 0. The second kappa shape index (κ2) is 17.2.